The number of carbonyl (C=O) groups is 1. The molecule has 4 fully saturated rings. The van der Waals surface area contributed by atoms with Crippen molar-refractivity contribution in [1.29, 1.82) is 5.41 Å². The number of hydrogen-bond acceptors (Lipinski definition) is 18. The second-order valence-electron chi connectivity index (χ2n) is 22.6. The van der Waals surface area contributed by atoms with Gasteiger partial charge in [-0.3, -0.25) is 9.69 Å². The molecular weight excluding hydrogens is 972 g/mol. The predicted octanol–water partition coefficient (Wildman–Crippen LogP) is 4.71. The maximum absolute atomic E-state index is 14.9. The van der Waals surface area contributed by atoms with Gasteiger partial charge >= 0.3 is 5.97 Å². The van der Waals surface area contributed by atoms with Crippen molar-refractivity contribution >= 4 is 11.7 Å². The van der Waals surface area contributed by atoms with E-state index in [9.17, 15) is 35.0 Å². The number of esters is 1. The van der Waals surface area contributed by atoms with Gasteiger partial charge in [-0.2, -0.15) is 0 Å². The third-order valence-electron chi connectivity index (χ3n) is 17.3. The molecule has 20 heteroatoms. The van der Waals surface area contributed by atoms with Gasteiger partial charge in [0.25, 0.3) is 0 Å². The fourth-order valence-corrected chi connectivity index (χ4v) is 12.3. The van der Waals surface area contributed by atoms with Crippen molar-refractivity contribution in [3.05, 3.63) is 47.3 Å². The number of methoxy groups -OCH3 is 3. The van der Waals surface area contributed by atoms with E-state index in [-0.39, 0.29) is 31.1 Å². The van der Waals surface area contributed by atoms with Gasteiger partial charge in [-0.1, -0.05) is 64.1 Å². The van der Waals surface area contributed by atoms with Gasteiger partial charge in [-0.25, -0.2) is 9.07 Å². The van der Waals surface area contributed by atoms with Crippen LogP contribution in [-0.2, 0) is 55.7 Å². The molecule has 19 nitrogen and oxygen atoms in total. The molecule has 6 rings (SSSR count). The molecule has 0 amide bonds. The number of nitrogens with zero attached hydrogens (tertiary/aromatic N) is 5. The highest BCUT2D eigenvalue weighted by atomic mass is 19.1. The zero-order valence-corrected chi connectivity index (χ0v) is 46.8. The normalized spacial score (nSPS) is 39.0. The predicted molar refractivity (Wildman–Crippen MR) is 278 cm³/mol. The average molecular weight is 1060 g/mol. The number of cyclic esters (lactones) is 1. The highest BCUT2D eigenvalue weighted by Gasteiger charge is 2.54. The Labute approximate surface area is 444 Å². The molecule has 0 bridgehead atoms. The number of carbonyl (C=O) groups excluding carboxylic acids is 1. The molecule has 1 aromatic heterocycles. The van der Waals surface area contributed by atoms with E-state index in [1.165, 1.54) is 18.7 Å². The molecule has 1 unspecified atom stereocenters. The second kappa shape index (κ2) is 26.7. The number of aromatic nitrogens is 3. The van der Waals surface area contributed by atoms with E-state index >= 15 is 0 Å². The molecule has 0 radical (unpaired) electrons. The number of halogens is 1. The lowest BCUT2D eigenvalue weighted by Crippen LogP contribution is -2.61. The molecule has 0 saturated carbocycles. The molecule has 4 aliphatic heterocycles. The first kappa shape index (κ1) is 61.1. The number of alkyl halides is 1. The Kier molecular flexibility index (Phi) is 21.8. The lowest BCUT2D eigenvalue weighted by atomic mass is 9.70. The van der Waals surface area contributed by atoms with Crippen LogP contribution in [0.3, 0.4) is 0 Å². The summed E-state index contributed by atoms with van der Waals surface area (Å²) in [6, 6.07) is 6.86. The molecule has 5 N–H and O–H groups in total. The van der Waals surface area contributed by atoms with E-state index in [4.69, 9.17) is 37.9 Å². The van der Waals surface area contributed by atoms with Crippen LogP contribution in [-0.4, -0.2) is 203 Å². The van der Waals surface area contributed by atoms with Gasteiger partial charge in [0.15, 0.2) is 6.29 Å². The Morgan fingerprint density at radius 2 is 1.65 bits per heavy atom. The summed E-state index contributed by atoms with van der Waals surface area (Å²) in [5.74, 6) is -4.15. The first-order valence-electron chi connectivity index (χ1n) is 27.2. The molecule has 20 atom stereocenters. The number of rotatable bonds is 17. The van der Waals surface area contributed by atoms with Gasteiger partial charge in [0.1, 0.15) is 42.7 Å². The maximum Gasteiger partial charge on any atom is 0.309 e. The minimum Gasteiger partial charge on any atom is -0.459 e. The third-order valence-corrected chi connectivity index (χ3v) is 17.3. The van der Waals surface area contributed by atoms with E-state index in [1.54, 1.807) is 48.1 Å². The van der Waals surface area contributed by atoms with Crippen LogP contribution in [0.1, 0.15) is 117 Å². The molecule has 4 saturated heterocycles. The molecule has 0 aliphatic carbocycles. The second-order valence-corrected chi connectivity index (χ2v) is 22.6. The topological polar surface area (TPSA) is 233 Å². The van der Waals surface area contributed by atoms with Crippen LogP contribution >= 0.6 is 0 Å². The Hall–Kier alpha value is -3.09. The number of aliphatic hydroxyl groups is 4. The maximum atomic E-state index is 14.9. The van der Waals surface area contributed by atoms with Crippen molar-refractivity contribution in [2.24, 2.45) is 29.6 Å². The van der Waals surface area contributed by atoms with E-state index in [1.807, 2.05) is 51.8 Å². The van der Waals surface area contributed by atoms with Crippen molar-refractivity contribution in [2.45, 2.75) is 192 Å². The molecule has 5 heterocycles. The van der Waals surface area contributed by atoms with E-state index in [0.29, 0.717) is 25.1 Å². The average Bonchev–Trinajstić information content (AvgIpc) is 3.87. The van der Waals surface area contributed by atoms with Crippen molar-refractivity contribution in [1.82, 2.24) is 24.8 Å². The molecule has 0 spiro atoms. The largest absolute Gasteiger partial charge is 0.459 e. The van der Waals surface area contributed by atoms with E-state index in [0.717, 1.165) is 44.0 Å². The molecule has 2 aromatic rings. The van der Waals surface area contributed by atoms with Crippen molar-refractivity contribution in [3.8, 4) is 0 Å². The number of likely N-dealkylation sites (N-methyl/N-ethyl adjacent to an activating group) is 1. The van der Waals surface area contributed by atoms with E-state index in [2.05, 4.69) is 27.3 Å². The summed E-state index contributed by atoms with van der Waals surface area (Å²) >= 11 is 0. The van der Waals surface area contributed by atoms with Crippen LogP contribution in [0.15, 0.2) is 30.5 Å². The van der Waals surface area contributed by atoms with Crippen molar-refractivity contribution in [3.63, 3.8) is 0 Å². The van der Waals surface area contributed by atoms with Crippen LogP contribution in [0.5, 0.6) is 0 Å². The quantitative estimate of drug-likeness (QED) is 0.135. The standard InChI is InChI=1S/C55H91FN6O13/c1-14-44-55(9,67)50(64)35(6)46(57)31(2)25-42(68-11)48(33(4)45(34(5)52(66)74-44)43-27-54(8,70-13)51(65)36(7)73-43)75-53-47(63)40(26-32(3)72-53)60(10)20-19-39-30-62(59-58-39)41(28-56)49(69-12)38-17-15-37(16-18-38)29-61-21-23-71-24-22-61/h15-18,30-36,40-45,47-51,53,57,63-65,67H,14,19-29H2,1-13H3/t31-,32-,33+,34-,35+,36+,40+,41-,42-,43?,44-,45+,47-,48-,49-,50-,51+,53+,54-,55-/m1/s1. The monoisotopic (exact) mass is 1060 g/mol. The summed E-state index contributed by atoms with van der Waals surface area (Å²) in [7, 11) is 6.57. The summed E-state index contributed by atoms with van der Waals surface area (Å²) in [6.07, 6.45) is -6.64. The fraction of sp³-hybridized carbons (Fsp3) is 0.818. The van der Waals surface area contributed by atoms with Crippen LogP contribution in [0.2, 0.25) is 0 Å². The SMILES string of the molecule is CC[C@H]1OC(=O)[C@H](C)[C@@H](C2C[C@@](C)(OC)[C@@H](O)[C@H](C)O2)[C@H](C)[C@@H](O[C@@H]2O[C@H](C)C[C@H](N(C)CCc3cn([C@H](CF)[C@H](OC)c4ccc(CN5CCOCC5)cc4)nn3)[C@H]2O)[C@H](OC)C[C@@H](C)C(=N)[C@H](C)[C@@H](O)[C@]1(C)O. The van der Waals surface area contributed by atoms with Crippen LogP contribution in [0.4, 0.5) is 4.39 Å². The van der Waals surface area contributed by atoms with Gasteiger partial charge in [0.2, 0.25) is 0 Å². The molecular formula is C55H91FN6O13. The first-order chi connectivity index (χ1) is 35.5. The van der Waals surface area contributed by atoms with Crippen LogP contribution in [0.25, 0.3) is 0 Å². The van der Waals surface area contributed by atoms with Crippen molar-refractivity contribution in [2.75, 3.05) is 67.9 Å². The van der Waals surface area contributed by atoms with Gasteiger partial charge in [-0.15, -0.1) is 5.10 Å². The molecule has 426 valence electrons. The Balaban J connectivity index is 1.24. The smallest absolute Gasteiger partial charge is 0.309 e. The van der Waals surface area contributed by atoms with Crippen LogP contribution in [0, 0.1) is 35.0 Å². The zero-order valence-electron chi connectivity index (χ0n) is 46.8. The lowest BCUT2D eigenvalue weighted by molar-refractivity contribution is -0.293. The minimum atomic E-state index is -1.90. The number of nitrogens with one attached hydrogen (secondary N) is 1. The molecule has 75 heavy (non-hydrogen) atoms. The highest BCUT2D eigenvalue weighted by Crippen LogP contribution is 2.44. The minimum absolute atomic E-state index is 0.168. The van der Waals surface area contributed by atoms with Gasteiger partial charge in [0, 0.05) is 90.1 Å². The van der Waals surface area contributed by atoms with Crippen LogP contribution < -0.4 is 0 Å². The number of hydrogen-bond donors (Lipinski definition) is 5. The van der Waals surface area contributed by atoms with Gasteiger partial charge in [0.05, 0.1) is 67.1 Å². The van der Waals surface area contributed by atoms with Crippen molar-refractivity contribution < 1.29 is 67.5 Å². The molecule has 4 aliphatic rings. The number of aliphatic hydroxyl groups excluding tert-OH is 3. The Morgan fingerprint density at radius 3 is 2.27 bits per heavy atom. The van der Waals surface area contributed by atoms with Gasteiger partial charge < -0.3 is 68.6 Å². The Morgan fingerprint density at radius 1 is 0.973 bits per heavy atom. The summed E-state index contributed by atoms with van der Waals surface area (Å²) in [5.41, 5.74) is -0.163. The molecule has 1 aromatic carbocycles. The first-order valence-corrected chi connectivity index (χ1v) is 27.2. The zero-order chi connectivity index (χ0) is 55.1. The number of benzene rings is 1. The Bertz CT molecular complexity index is 2100. The number of ether oxygens (including phenoxy) is 8. The third kappa shape index (κ3) is 14.0. The summed E-state index contributed by atoms with van der Waals surface area (Å²) in [5, 5.41) is 65.3. The summed E-state index contributed by atoms with van der Waals surface area (Å²) in [6.45, 7) is 19.7. The number of morpholine rings is 1. The fourth-order valence-electron chi connectivity index (χ4n) is 12.3. The lowest BCUT2D eigenvalue weighted by Gasteiger charge is -2.50. The summed E-state index contributed by atoms with van der Waals surface area (Å²) < 4.78 is 66.4. The van der Waals surface area contributed by atoms with E-state index < -0.39 is 127 Å². The van der Waals surface area contributed by atoms with Gasteiger partial charge in [-0.05, 0) is 77.0 Å². The summed E-state index contributed by atoms with van der Waals surface area (Å²) in [4.78, 5) is 19.0. The highest BCUT2D eigenvalue weighted by molar-refractivity contribution is 5.86.